The molecule has 0 saturated heterocycles. The molecule has 5 heteroatoms. The monoisotopic (exact) mass is 326 g/mol. The Balaban J connectivity index is 2.53. The maximum atomic E-state index is 6.26. The highest BCUT2D eigenvalue weighted by atomic mass is 35.5. The summed E-state index contributed by atoms with van der Waals surface area (Å²) in [6.07, 6.45) is 1.97. The van der Waals surface area contributed by atoms with Crippen LogP contribution in [0.15, 0.2) is 40.4 Å². The fraction of sp³-hybridized carbons (Fsp3) is 0.167. The summed E-state index contributed by atoms with van der Waals surface area (Å²) in [5.74, 6) is 0. The molecule has 0 heterocycles. The summed E-state index contributed by atoms with van der Waals surface area (Å²) in [4.78, 5) is 0. The molecule has 0 aromatic heterocycles. The van der Waals surface area contributed by atoms with Crippen LogP contribution in [0.5, 0.6) is 0 Å². The zero-order chi connectivity index (χ0) is 12.6. The smallest absolute Gasteiger partial charge is 0.0959 e. The second-order valence-corrected chi connectivity index (χ2v) is 6.49. The predicted octanol–water partition coefficient (Wildman–Crippen LogP) is 5.99. The van der Waals surface area contributed by atoms with Crippen LogP contribution in [0.3, 0.4) is 0 Å². The molecule has 0 amide bonds. The average molecular weight is 328 g/mol. The summed E-state index contributed by atoms with van der Waals surface area (Å²) in [6.45, 7) is 0. The molecule has 2 rings (SSSR count). The van der Waals surface area contributed by atoms with Gasteiger partial charge in [0.25, 0.3) is 0 Å². The quantitative estimate of drug-likeness (QED) is 0.555. The van der Waals surface area contributed by atoms with E-state index in [1.165, 1.54) is 0 Å². The van der Waals surface area contributed by atoms with E-state index in [0.717, 1.165) is 5.56 Å². The molecule has 0 spiro atoms. The Morgan fingerprint density at radius 2 is 1.76 bits per heavy atom. The first-order valence-corrected chi connectivity index (χ1v) is 6.69. The van der Waals surface area contributed by atoms with Crippen molar-refractivity contribution in [3.63, 3.8) is 0 Å². The summed E-state index contributed by atoms with van der Waals surface area (Å²) < 4.78 is -1.08. The third kappa shape index (κ3) is 2.94. The minimum Gasteiger partial charge on any atom is -0.0959 e. The van der Waals surface area contributed by atoms with Gasteiger partial charge in [-0.25, -0.2) is 0 Å². The van der Waals surface area contributed by atoms with Crippen molar-refractivity contribution >= 4 is 63.6 Å². The van der Waals surface area contributed by atoms with Crippen LogP contribution in [-0.2, 0) is 0 Å². The SMILES string of the molecule is ClC1=C(Cl)CC(Cl)(Cl)C(c2cccc(Cl)c2)=C1. The van der Waals surface area contributed by atoms with Gasteiger partial charge in [-0.05, 0) is 29.3 Å². The summed E-state index contributed by atoms with van der Waals surface area (Å²) in [6, 6.07) is 7.27. The van der Waals surface area contributed by atoms with E-state index in [1.54, 1.807) is 18.2 Å². The van der Waals surface area contributed by atoms with Crippen LogP contribution in [0, 0.1) is 0 Å². The Bertz CT molecular complexity index is 513. The highest BCUT2D eigenvalue weighted by Gasteiger charge is 2.35. The van der Waals surface area contributed by atoms with Gasteiger partial charge in [-0.2, -0.15) is 0 Å². The maximum absolute atomic E-state index is 6.26. The van der Waals surface area contributed by atoms with E-state index in [4.69, 9.17) is 58.0 Å². The number of rotatable bonds is 1. The van der Waals surface area contributed by atoms with E-state index in [1.807, 2.05) is 12.1 Å². The highest BCUT2D eigenvalue weighted by molar-refractivity contribution is 6.56. The largest absolute Gasteiger partial charge is 0.148 e. The topological polar surface area (TPSA) is 0 Å². The molecule has 0 N–H and O–H groups in total. The molecular weight excluding hydrogens is 321 g/mol. The van der Waals surface area contributed by atoms with Crippen molar-refractivity contribution in [2.24, 2.45) is 0 Å². The Kier molecular flexibility index (Phi) is 4.02. The van der Waals surface area contributed by atoms with E-state index in [-0.39, 0.29) is 6.42 Å². The van der Waals surface area contributed by atoms with Crippen LogP contribution < -0.4 is 0 Å². The van der Waals surface area contributed by atoms with Crippen molar-refractivity contribution in [1.82, 2.24) is 0 Å². The van der Waals surface area contributed by atoms with Gasteiger partial charge in [0.05, 0.1) is 5.03 Å². The standard InChI is InChI=1S/C12H7Cl5/c13-8-3-1-2-7(4-8)9-5-10(14)11(15)6-12(9,16)17/h1-5H,6H2. The molecule has 0 aliphatic heterocycles. The summed E-state index contributed by atoms with van der Waals surface area (Å²) >= 11 is 30.4. The Morgan fingerprint density at radius 3 is 2.41 bits per heavy atom. The van der Waals surface area contributed by atoms with Gasteiger partial charge < -0.3 is 0 Å². The lowest BCUT2D eigenvalue weighted by Crippen LogP contribution is -2.18. The Labute approximate surface area is 125 Å². The van der Waals surface area contributed by atoms with E-state index in [9.17, 15) is 0 Å². The van der Waals surface area contributed by atoms with Gasteiger partial charge >= 0.3 is 0 Å². The molecule has 0 fully saturated rings. The highest BCUT2D eigenvalue weighted by Crippen LogP contribution is 2.48. The normalized spacial score (nSPS) is 19.2. The number of hydrogen-bond acceptors (Lipinski definition) is 0. The van der Waals surface area contributed by atoms with Crippen LogP contribution >= 0.6 is 58.0 Å². The van der Waals surface area contributed by atoms with Crippen LogP contribution in [0.1, 0.15) is 12.0 Å². The first-order chi connectivity index (χ1) is 7.90. The molecule has 0 atom stereocenters. The third-order valence-corrected chi connectivity index (χ3v) is 4.12. The maximum Gasteiger partial charge on any atom is 0.148 e. The number of hydrogen-bond donors (Lipinski definition) is 0. The van der Waals surface area contributed by atoms with Crippen molar-refractivity contribution in [3.8, 4) is 0 Å². The second-order valence-electron chi connectivity index (χ2n) is 3.70. The molecule has 1 aromatic carbocycles. The Morgan fingerprint density at radius 1 is 1.06 bits per heavy atom. The summed E-state index contributed by atoms with van der Waals surface area (Å²) in [5.41, 5.74) is 1.54. The van der Waals surface area contributed by atoms with E-state index in [2.05, 4.69) is 0 Å². The van der Waals surface area contributed by atoms with E-state index >= 15 is 0 Å². The van der Waals surface area contributed by atoms with Gasteiger partial charge in [0.2, 0.25) is 0 Å². The average Bonchev–Trinajstić information content (AvgIpc) is 2.23. The molecule has 1 aliphatic rings. The van der Waals surface area contributed by atoms with Crippen LogP contribution in [-0.4, -0.2) is 4.33 Å². The fourth-order valence-corrected chi connectivity index (χ4v) is 2.99. The zero-order valence-electron chi connectivity index (χ0n) is 8.48. The van der Waals surface area contributed by atoms with Crippen molar-refractivity contribution in [3.05, 3.63) is 51.0 Å². The van der Waals surface area contributed by atoms with Gasteiger partial charge in [-0.3, -0.25) is 0 Å². The Hall–Kier alpha value is 0.150. The van der Waals surface area contributed by atoms with Gasteiger partial charge in [-0.15, -0.1) is 0 Å². The molecule has 1 aliphatic carbocycles. The number of halogens is 5. The number of allylic oxidation sites excluding steroid dienone is 4. The molecule has 0 radical (unpaired) electrons. The van der Waals surface area contributed by atoms with E-state index < -0.39 is 4.33 Å². The van der Waals surface area contributed by atoms with Crippen LogP contribution in [0.4, 0.5) is 0 Å². The lowest BCUT2D eigenvalue weighted by Gasteiger charge is -2.27. The predicted molar refractivity (Wildman–Crippen MR) is 77.2 cm³/mol. The minimum absolute atomic E-state index is 0.287. The van der Waals surface area contributed by atoms with Crippen molar-refractivity contribution in [1.29, 1.82) is 0 Å². The van der Waals surface area contributed by atoms with Gasteiger partial charge in [0, 0.05) is 16.5 Å². The minimum atomic E-state index is -1.08. The first kappa shape index (κ1) is 13.6. The molecule has 0 nitrogen and oxygen atoms in total. The summed E-state index contributed by atoms with van der Waals surface area (Å²) in [7, 11) is 0. The van der Waals surface area contributed by atoms with Crippen molar-refractivity contribution in [2.75, 3.05) is 0 Å². The second kappa shape index (κ2) is 5.03. The molecule has 0 saturated carbocycles. The van der Waals surface area contributed by atoms with Gasteiger partial charge in [0.15, 0.2) is 0 Å². The lowest BCUT2D eigenvalue weighted by atomic mass is 9.96. The molecule has 17 heavy (non-hydrogen) atoms. The molecule has 90 valence electrons. The zero-order valence-corrected chi connectivity index (χ0v) is 12.3. The van der Waals surface area contributed by atoms with E-state index in [0.29, 0.717) is 20.7 Å². The molecule has 0 bridgehead atoms. The number of alkyl halides is 2. The van der Waals surface area contributed by atoms with Crippen LogP contribution in [0.2, 0.25) is 5.02 Å². The van der Waals surface area contributed by atoms with Crippen molar-refractivity contribution < 1.29 is 0 Å². The van der Waals surface area contributed by atoms with Crippen molar-refractivity contribution in [2.45, 2.75) is 10.8 Å². The van der Waals surface area contributed by atoms with Crippen LogP contribution in [0.25, 0.3) is 5.57 Å². The fourth-order valence-electron chi connectivity index (χ4n) is 1.64. The molecule has 1 aromatic rings. The lowest BCUT2D eigenvalue weighted by molar-refractivity contribution is 0.961. The summed E-state index contributed by atoms with van der Waals surface area (Å²) in [5, 5.41) is 1.53. The third-order valence-electron chi connectivity index (χ3n) is 2.44. The molecule has 0 unspecified atom stereocenters. The van der Waals surface area contributed by atoms with Gasteiger partial charge in [-0.1, -0.05) is 70.1 Å². The van der Waals surface area contributed by atoms with Gasteiger partial charge in [0.1, 0.15) is 4.33 Å². The first-order valence-electron chi connectivity index (χ1n) is 4.80. The number of benzene rings is 1. The molecular formula is C12H7Cl5.